The number of hydrogen-bond donors (Lipinski definition) is 1. The molecule has 0 aliphatic carbocycles. The summed E-state index contributed by atoms with van der Waals surface area (Å²) in [6.45, 7) is 2.97. The van der Waals surface area contributed by atoms with Gasteiger partial charge < -0.3 is 19.5 Å². The summed E-state index contributed by atoms with van der Waals surface area (Å²) in [6.07, 6.45) is 4.30. The summed E-state index contributed by atoms with van der Waals surface area (Å²) < 4.78 is 5.22. The Morgan fingerprint density at radius 1 is 1.12 bits per heavy atom. The maximum absolute atomic E-state index is 12.4. The first-order chi connectivity index (χ1) is 12.7. The maximum Gasteiger partial charge on any atom is 0.227 e. The first-order valence-electron chi connectivity index (χ1n) is 9.16. The highest BCUT2D eigenvalue weighted by molar-refractivity contribution is 6.00. The molecule has 1 atom stereocenters. The normalized spacial score (nSPS) is 20.0. The van der Waals surface area contributed by atoms with Crippen molar-refractivity contribution in [2.24, 2.45) is 5.92 Å². The molecule has 0 saturated carbocycles. The highest BCUT2D eigenvalue weighted by Gasteiger charge is 2.35. The second-order valence-electron chi connectivity index (χ2n) is 6.91. The lowest BCUT2D eigenvalue weighted by atomic mass is 10.1. The van der Waals surface area contributed by atoms with E-state index in [1.54, 1.807) is 17.2 Å². The fraction of sp³-hybridized carbons (Fsp3) is 0.400. The monoisotopic (exact) mass is 353 g/mol. The molecule has 2 aromatic rings. The Morgan fingerprint density at radius 2 is 1.85 bits per heavy atom. The van der Waals surface area contributed by atoms with Crippen molar-refractivity contribution in [2.45, 2.75) is 25.8 Å². The van der Waals surface area contributed by atoms with E-state index < -0.39 is 0 Å². The zero-order valence-corrected chi connectivity index (χ0v) is 14.7. The summed E-state index contributed by atoms with van der Waals surface area (Å²) in [4.78, 5) is 28.8. The van der Waals surface area contributed by atoms with Gasteiger partial charge in [-0.2, -0.15) is 0 Å². The molecule has 0 bridgehead atoms. The van der Waals surface area contributed by atoms with Crippen LogP contribution < -0.4 is 15.1 Å². The van der Waals surface area contributed by atoms with Gasteiger partial charge in [0.2, 0.25) is 11.8 Å². The Bertz CT molecular complexity index is 764. The molecule has 0 radical (unpaired) electrons. The highest BCUT2D eigenvalue weighted by atomic mass is 16.3. The zero-order valence-electron chi connectivity index (χ0n) is 14.7. The van der Waals surface area contributed by atoms with Crippen LogP contribution in [0.2, 0.25) is 0 Å². The summed E-state index contributed by atoms with van der Waals surface area (Å²) in [5.74, 6) is 0.274. The number of benzene rings is 1. The third-order valence-electron chi connectivity index (χ3n) is 5.15. The zero-order chi connectivity index (χ0) is 17.9. The van der Waals surface area contributed by atoms with Gasteiger partial charge in [-0.05, 0) is 49.2 Å². The van der Waals surface area contributed by atoms with Crippen LogP contribution >= 0.6 is 0 Å². The van der Waals surface area contributed by atoms with Crippen molar-refractivity contribution in [3.63, 3.8) is 0 Å². The number of hydrogen-bond acceptors (Lipinski definition) is 4. The number of carbonyl (C=O) groups excluding carboxylic acids is 2. The fourth-order valence-electron chi connectivity index (χ4n) is 3.68. The van der Waals surface area contributed by atoms with Gasteiger partial charge >= 0.3 is 0 Å². The standard InChI is InChI=1S/C20H23N3O3/c24-19-12-15(20(25)21-13-18-4-3-11-26-18)14-23(19)17-7-5-16(6-8-17)22-9-1-2-10-22/h3-8,11,15H,1-2,9-10,12-14H2,(H,21,25). The van der Waals surface area contributed by atoms with Crippen molar-refractivity contribution in [1.29, 1.82) is 0 Å². The minimum Gasteiger partial charge on any atom is -0.467 e. The number of nitrogens with zero attached hydrogens (tertiary/aromatic N) is 2. The number of nitrogens with one attached hydrogen (secondary N) is 1. The lowest BCUT2D eigenvalue weighted by Gasteiger charge is -2.20. The Labute approximate surface area is 152 Å². The third-order valence-corrected chi connectivity index (χ3v) is 5.15. The topological polar surface area (TPSA) is 65.8 Å². The van der Waals surface area contributed by atoms with E-state index in [-0.39, 0.29) is 24.2 Å². The van der Waals surface area contributed by atoms with Gasteiger partial charge in [-0.25, -0.2) is 0 Å². The molecular weight excluding hydrogens is 330 g/mol. The average Bonchev–Trinajstić information content (AvgIpc) is 3.41. The van der Waals surface area contributed by atoms with Gasteiger partial charge in [0, 0.05) is 37.4 Å². The number of furan rings is 1. The fourth-order valence-corrected chi connectivity index (χ4v) is 3.68. The Hall–Kier alpha value is -2.76. The van der Waals surface area contributed by atoms with Crippen molar-refractivity contribution in [3.8, 4) is 0 Å². The minimum absolute atomic E-state index is 0.00271. The summed E-state index contributed by atoms with van der Waals surface area (Å²) >= 11 is 0. The molecule has 4 rings (SSSR count). The number of carbonyl (C=O) groups is 2. The second-order valence-corrected chi connectivity index (χ2v) is 6.91. The molecule has 2 saturated heterocycles. The largest absolute Gasteiger partial charge is 0.467 e. The van der Waals surface area contributed by atoms with Gasteiger partial charge in [-0.1, -0.05) is 0 Å². The molecule has 6 nitrogen and oxygen atoms in total. The van der Waals surface area contributed by atoms with Crippen molar-refractivity contribution in [1.82, 2.24) is 5.32 Å². The average molecular weight is 353 g/mol. The molecule has 1 aromatic carbocycles. The number of rotatable bonds is 5. The summed E-state index contributed by atoms with van der Waals surface area (Å²) in [5.41, 5.74) is 2.06. The van der Waals surface area contributed by atoms with Crippen LogP contribution in [-0.4, -0.2) is 31.4 Å². The van der Waals surface area contributed by atoms with Crippen LogP contribution in [0.1, 0.15) is 25.0 Å². The SMILES string of the molecule is O=C(NCc1ccco1)C1CC(=O)N(c2ccc(N3CCCC3)cc2)C1. The molecule has 0 spiro atoms. The van der Waals surface area contributed by atoms with Gasteiger partial charge in [0.05, 0.1) is 18.7 Å². The first kappa shape index (κ1) is 16.7. The summed E-state index contributed by atoms with van der Waals surface area (Å²) in [7, 11) is 0. The van der Waals surface area contributed by atoms with E-state index >= 15 is 0 Å². The van der Waals surface area contributed by atoms with E-state index in [0.29, 0.717) is 18.8 Å². The predicted molar refractivity (Wildman–Crippen MR) is 98.9 cm³/mol. The first-order valence-corrected chi connectivity index (χ1v) is 9.16. The summed E-state index contributed by atoms with van der Waals surface area (Å²) in [6, 6.07) is 11.7. The van der Waals surface area contributed by atoms with E-state index in [1.165, 1.54) is 18.5 Å². The molecule has 3 heterocycles. The predicted octanol–water partition coefficient (Wildman–Crippen LogP) is 2.55. The molecule has 2 aliphatic heterocycles. The van der Waals surface area contributed by atoms with Crippen LogP contribution in [-0.2, 0) is 16.1 Å². The van der Waals surface area contributed by atoms with Crippen LogP contribution in [0.4, 0.5) is 11.4 Å². The van der Waals surface area contributed by atoms with E-state index in [4.69, 9.17) is 4.42 Å². The third kappa shape index (κ3) is 3.45. The van der Waals surface area contributed by atoms with Crippen LogP contribution in [0, 0.1) is 5.92 Å². The molecule has 1 unspecified atom stereocenters. The lowest BCUT2D eigenvalue weighted by Crippen LogP contribution is -2.32. The van der Waals surface area contributed by atoms with Gasteiger partial charge in [0.1, 0.15) is 5.76 Å². The maximum atomic E-state index is 12.4. The highest BCUT2D eigenvalue weighted by Crippen LogP contribution is 2.28. The van der Waals surface area contributed by atoms with E-state index in [1.807, 2.05) is 18.2 Å². The van der Waals surface area contributed by atoms with Crippen molar-refractivity contribution < 1.29 is 14.0 Å². The molecule has 136 valence electrons. The minimum atomic E-state index is -0.323. The van der Waals surface area contributed by atoms with E-state index in [9.17, 15) is 9.59 Å². The van der Waals surface area contributed by atoms with Crippen molar-refractivity contribution >= 4 is 23.2 Å². The van der Waals surface area contributed by atoms with Gasteiger partial charge in [-0.3, -0.25) is 9.59 Å². The molecule has 26 heavy (non-hydrogen) atoms. The van der Waals surface area contributed by atoms with Crippen molar-refractivity contribution in [2.75, 3.05) is 29.4 Å². The number of amides is 2. The molecule has 2 amide bonds. The van der Waals surface area contributed by atoms with Crippen LogP contribution in [0.5, 0.6) is 0 Å². The van der Waals surface area contributed by atoms with Crippen LogP contribution in [0.15, 0.2) is 47.1 Å². The molecular formula is C20H23N3O3. The molecule has 6 heteroatoms. The summed E-state index contributed by atoms with van der Waals surface area (Å²) in [5, 5.41) is 2.85. The van der Waals surface area contributed by atoms with Crippen LogP contribution in [0.3, 0.4) is 0 Å². The molecule has 2 fully saturated rings. The van der Waals surface area contributed by atoms with E-state index in [0.717, 1.165) is 18.8 Å². The Kier molecular flexibility index (Phi) is 4.65. The Morgan fingerprint density at radius 3 is 2.54 bits per heavy atom. The van der Waals surface area contributed by atoms with Crippen LogP contribution in [0.25, 0.3) is 0 Å². The smallest absolute Gasteiger partial charge is 0.227 e. The van der Waals surface area contributed by atoms with Crippen molar-refractivity contribution in [3.05, 3.63) is 48.4 Å². The lowest BCUT2D eigenvalue weighted by molar-refractivity contribution is -0.126. The molecule has 1 N–H and O–H groups in total. The van der Waals surface area contributed by atoms with Gasteiger partial charge in [0.15, 0.2) is 0 Å². The quantitative estimate of drug-likeness (QED) is 0.897. The second kappa shape index (κ2) is 7.23. The van der Waals surface area contributed by atoms with Gasteiger partial charge in [0.25, 0.3) is 0 Å². The Balaban J connectivity index is 1.37. The molecule has 1 aromatic heterocycles. The number of anilines is 2. The molecule has 2 aliphatic rings. The van der Waals surface area contributed by atoms with E-state index in [2.05, 4.69) is 22.3 Å². The van der Waals surface area contributed by atoms with Gasteiger partial charge in [-0.15, -0.1) is 0 Å².